The van der Waals surface area contributed by atoms with Crippen molar-refractivity contribution >= 4 is 15.8 Å². The lowest BCUT2D eigenvalue weighted by atomic mass is 9.80. The van der Waals surface area contributed by atoms with Gasteiger partial charge in [-0.25, -0.2) is 13.2 Å². The van der Waals surface area contributed by atoms with Gasteiger partial charge >= 0.3 is 5.97 Å². The standard InChI is InChI=1S/C21H32O5S/c1-21(2,3)27(24,25)15-18-11-8-16(9-12-18)7-10-17-5-4-6-19(13-17)26-14-20(22)23/h4-6,13,16,18H,7-12,14-15H2,1-3H3,(H,22,23). The highest BCUT2D eigenvalue weighted by atomic mass is 32.2. The number of sulfone groups is 1. The Bertz CT molecular complexity index is 725. The number of benzene rings is 1. The SMILES string of the molecule is CC(C)(C)S(=O)(=O)CC1CCC(CCc2cccc(OCC(=O)O)c2)CC1. The average molecular weight is 397 g/mol. The van der Waals surface area contributed by atoms with Gasteiger partial charge in [0.25, 0.3) is 0 Å². The molecule has 1 aromatic carbocycles. The molecule has 1 saturated carbocycles. The molecule has 0 amide bonds. The Balaban J connectivity index is 1.78. The summed E-state index contributed by atoms with van der Waals surface area (Å²) >= 11 is 0. The van der Waals surface area contributed by atoms with Crippen LogP contribution in [-0.4, -0.2) is 36.6 Å². The van der Waals surface area contributed by atoms with Crippen LogP contribution < -0.4 is 4.74 Å². The molecule has 27 heavy (non-hydrogen) atoms. The molecule has 0 saturated heterocycles. The molecular formula is C21H32O5S. The van der Waals surface area contributed by atoms with E-state index in [-0.39, 0.29) is 6.61 Å². The Kier molecular flexibility index (Phi) is 7.32. The quantitative estimate of drug-likeness (QED) is 0.715. The first kappa shape index (κ1) is 21.7. The Labute approximate surface area is 163 Å². The zero-order chi connectivity index (χ0) is 20.1. The summed E-state index contributed by atoms with van der Waals surface area (Å²) in [6.45, 7) is 5.01. The van der Waals surface area contributed by atoms with E-state index >= 15 is 0 Å². The molecular weight excluding hydrogens is 364 g/mol. The summed E-state index contributed by atoms with van der Waals surface area (Å²) in [5.74, 6) is 0.837. The van der Waals surface area contributed by atoms with Gasteiger partial charge in [0.15, 0.2) is 16.4 Å². The Morgan fingerprint density at radius 2 is 1.78 bits per heavy atom. The molecule has 1 fully saturated rings. The van der Waals surface area contributed by atoms with Crippen LogP contribution in [0.2, 0.25) is 0 Å². The van der Waals surface area contributed by atoms with Crippen LogP contribution in [-0.2, 0) is 21.1 Å². The number of rotatable bonds is 8. The number of hydrogen-bond acceptors (Lipinski definition) is 4. The Morgan fingerprint density at radius 1 is 1.15 bits per heavy atom. The van der Waals surface area contributed by atoms with Crippen molar-refractivity contribution in [1.82, 2.24) is 0 Å². The third kappa shape index (κ3) is 6.83. The fourth-order valence-corrected chi connectivity index (χ4v) is 5.01. The normalized spacial score (nSPS) is 21.0. The predicted molar refractivity (Wildman–Crippen MR) is 107 cm³/mol. The highest BCUT2D eigenvalue weighted by Crippen LogP contribution is 2.34. The number of aliphatic carboxylic acids is 1. The second kappa shape index (κ2) is 9.09. The van der Waals surface area contributed by atoms with Crippen molar-refractivity contribution in [3.63, 3.8) is 0 Å². The Morgan fingerprint density at radius 3 is 2.37 bits per heavy atom. The second-order valence-corrected chi connectivity index (χ2v) is 11.4. The maximum Gasteiger partial charge on any atom is 0.341 e. The van der Waals surface area contributed by atoms with Gasteiger partial charge in [-0.1, -0.05) is 25.0 Å². The van der Waals surface area contributed by atoms with E-state index in [1.54, 1.807) is 26.8 Å². The van der Waals surface area contributed by atoms with Gasteiger partial charge in [0.2, 0.25) is 0 Å². The van der Waals surface area contributed by atoms with Gasteiger partial charge in [-0.2, -0.15) is 0 Å². The van der Waals surface area contributed by atoms with E-state index in [1.165, 1.54) is 0 Å². The van der Waals surface area contributed by atoms with Crippen molar-refractivity contribution < 1.29 is 23.1 Å². The van der Waals surface area contributed by atoms with Gasteiger partial charge in [0.1, 0.15) is 5.75 Å². The van der Waals surface area contributed by atoms with Crippen LogP contribution in [0.1, 0.15) is 58.4 Å². The van der Waals surface area contributed by atoms with Crippen LogP contribution in [0.15, 0.2) is 24.3 Å². The van der Waals surface area contributed by atoms with E-state index in [0.717, 1.165) is 44.1 Å². The largest absolute Gasteiger partial charge is 0.482 e. The molecule has 0 unspecified atom stereocenters. The van der Waals surface area contributed by atoms with Crippen LogP contribution in [0.3, 0.4) is 0 Å². The maximum atomic E-state index is 12.4. The molecule has 6 heteroatoms. The van der Waals surface area contributed by atoms with Crippen LogP contribution >= 0.6 is 0 Å². The molecule has 5 nitrogen and oxygen atoms in total. The lowest BCUT2D eigenvalue weighted by Gasteiger charge is -2.30. The van der Waals surface area contributed by atoms with E-state index in [0.29, 0.717) is 23.3 Å². The molecule has 0 aliphatic heterocycles. The summed E-state index contributed by atoms with van der Waals surface area (Å²) in [5, 5.41) is 8.69. The lowest BCUT2D eigenvalue weighted by Crippen LogP contribution is -2.34. The summed E-state index contributed by atoms with van der Waals surface area (Å²) in [4.78, 5) is 10.6. The molecule has 1 aliphatic carbocycles. The van der Waals surface area contributed by atoms with Crippen molar-refractivity contribution in [2.75, 3.05) is 12.4 Å². The van der Waals surface area contributed by atoms with Crippen LogP contribution in [0, 0.1) is 11.8 Å². The first-order chi connectivity index (χ1) is 12.6. The van der Waals surface area contributed by atoms with Crippen molar-refractivity contribution in [1.29, 1.82) is 0 Å². The number of carboxylic acid groups (broad SMARTS) is 1. The highest BCUT2D eigenvalue weighted by molar-refractivity contribution is 7.92. The zero-order valence-corrected chi connectivity index (χ0v) is 17.4. The Hall–Kier alpha value is -1.56. The van der Waals surface area contributed by atoms with Crippen molar-refractivity contribution in [2.24, 2.45) is 11.8 Å². The van der Waals surface area contributed by atoms with E-state index in [9.17, 15) is 13.2 Å². The first-order valence-corrected chi connectivity index (χ1v) is 11.4. The summed E-state index contributed by atoms with van der Waals surface area (Å²) in [6, 6.07) is 7.60. The van der Waals surface area contributed by atoms with Crippen molar-refractivity contribution in [2.45, 2.75) is 64.0 Å². The highest BCUT2D eigenvalue weighted by Gasteiger charge is 2.33. The molecule has 2 rings (SSSR count). The van der Waals surface area contributed by atoms with Gasteiger partial charge in [-0.05, 0) is 76.0 Å². The van der Waals surface area contributed by atoms with E-state index in [2.05, 4.69) is 0 Å². The molecule has 0 atom stereocenters. The fourth-order valence-electron chi connectivity index (χ4n) is 3.55. The maximum absolute atomic E-state index is 12.4. The minimum atomic E-state index is -3.04. The minimum absolute atomic E-state index is 0.290. The van der Waals surface area contributed by atoms with Gasteiger partial charge in [-0.3, -0.25) is 0 Å². The molecule has 0 heterocycles. The third-order valence-electron chi connectivity index (χ3n) is 5.46. The number of aryl methyl sites for hydroxylation is 1. The number of hydrogen-bond donors (Lipinski definition) is 1. The minimum Gasteiger partial charge on any atom is -0.482 e. The molecule has 0 aromatic heterocycles. The molecule has 1 N–H and O–H groups in total. The topological polar surface area (TPSA) is 80.7 Å². The second-order valence-electron chi connectivity index (χ2n) is 8.65. The van der Waals surface area contributed by atoms with Crippen LogP contribution in [0.4, 0.5) is 0 Å². The summed E-state index contributed by atoms with van der Waals surface area (Å²) in [7, 11) is -3.04. The molecule has 0 bridgehead atoms. The van der Waals surface area contributed by atoms with Gasteiger partial charge in [0, 0.05) is 0 Å². The predicted octanol–water partition coefficient (Wildman–Crippen LogP) is 4.10. The third-order valence-corrected chi connectivity index (χ3v) is 8.23. The summed E-state index contributed by atoms with van der Waals surface area (Å²) in [5.41, 5.74) is 1.15. The fraction of sp³-hybridized carbons (Fsp3) is 0.667. The van der Waals surface area contributed by atoms with Gasteiger partial charge in [-0.15, -0.1) is 0 Å². The molecule has 0 radical (unpaired) electrons. The van der Waals surface area contributed by atoms with Crippen molar-refractivity contribution in [3.05, 3.63) is 29.8 Å². The molecule has 152 valence electrons. The monoisotopic (exact) mass is 396 g/mol. The molecule has 1 aromatic rings. The summed E-state index contributed by atoms with van der Waals surface area (Å²) in [6.07, 6.45) is 6.14. The van der Waals surface area contributed by atoms with Gasteiger partial charge < -0.3 is 9.84 Å². The van der Waals surface area contributed by atoms with E-state index in [4.69, 9.17) is 9.84 Å². The average Bonchev–Trinajstić information content (AvgIpc) is 2.58. The summed E-state index contributed by atoms with van der Waals surface area (Å²) < 4.78 is 29.3. The van der Waals surface area contributed by atoms with Crippen molar-refractivity contribution in [3.8, 4) is 5.75 Å². The van der Waals surface area contributed by atoms with E-state index in [1.807, 2.05) is 18.2 Å². The van der Waals surface area contributed by atoms with Crippen LogP contribution in [0.25, 0.3) is 0 Å². The van der Waals surface area contributed by atoms with Crippen LogP contribution in [0.5, 0.6) is 5.75 Å². The van der Waals surface area contributed by atoms with Gasteiger partial charge in [0.05, 0.1) is 10.5 Å². The molecule has 0 spiro atoms. The smallest absolute Gasteiger partial charge is 0.341 e. The number of ether oxygens (including phenoxy) is 1. The number of carbonyl (C=O) groups is 1. The number of carboxylic acids is 1. The first-order valence-electron chi connectivity index (χ1n) is 9.72. The molecule has 1 aliphatic rings. The lowest BCUT2D eigenvalue weighted by molar-refractivity contribution is -0.139. The van der Waals surface area contributed by atoms with E-state index < -0.39 is 20.6 Å². The zero-order valence-electron chi connectivity index (χ0n) is 16.6.